The maximum atomic E-state index is 5.79. The molecular formula is C26H27BrN4S. The van der Waals surface area contributed by atoms with E-state index in [1.54, 1.807) is 0 Å². The average molecular weight is 508 g/mol. The van der Waals surface area contributed by atoms with Crippen molar-refractivity contribution in [2.24, 2.45) is 5.10 Å². The summed E-state index contributed by atoms with van der Waals surface area (Å²) < 4.78 is 1.06. The van der Waals surface area contributed by atoms with Gasteiger partial charge in [0.05, 0.1) is 11.8 Å². The van der Waals surface area contributed by atoms with Crippen molar-refractivity contribution in [2.75, 3.05) is 25.5 Å². The molecule has 0 radical (unpaired) electrons. The van der Waals surface area contributed by atoms with Crippen LogP contribution in [-0.2, 0) is 6.42 Å². The summed E-state index contributed by atoms with van der Waals surface area (Å²) >= 11 is 9.33. The Morgan fingerprint density at radius 3 is 2.53 bits per heavy atom. The zero-order valence-electron chi connectivity index (χ0n) is 18.3. The molecule has 1 N–H and O–H groups in total. The Labute approximate surface area is 204 Å². The third-order valence-corrected chi connectivity index (χ3v) is 6.46. The Kier molecular flexibility index (Phi) is 7.22. The molecule has 0 aromatic heterocycles. The van der Waals surface area contributed by atoms with Gasteiger partial charge in [0.2, 0.25) is 0 Å². The van der Waals surface area contributed by atoms with Gasteiger partial charge in [0.1, 0.15) is 0 Å². The number of nitrogens with zero attached hydrogens (tertiary/aromatic N) is 3. The van der Waals surface area contributed by atoms with E-state index >= 15 is 0 Å². The second kappa shape index (κ2) is 10.3. The third-order valence-electron chi connectivity index (χ3n) is 5.60. The van der Waals surface area contributed by atoms with Crippen LogP contribution in [0.2, 0.25) is 0 Å². The molecule has 4 nitrogen and oxygen atoms in total. The van der Waals surface area contributed by atoms with E-state index in [1.807, 2.05) is 11.1 Å². The van der Waals surface area contributed by atoms with Crippen LogP contribution in [0.1, 0.15) is 29.2 Å². The highest BCUT2D eigenvalue weighted by Crippen LogP contribution is 2.34. The molecule has 1 heterocycles. The summed E-state index contributed by atoms with van der Waals surface area (Å²) in [7, 11) is 4.11. The van der Waals surface area contributed by atoms with E-state index in [0.717, 1.165) is 40.8 Å². The smallest absolute Gasteiger partial charge is 0.190 e. The summed E-state index contributed by atoms with van der Waals surface area (Å²) in [5, 5.41) is 11.0. The Balaban J connectivity index is 1.55. The van der Waals surface area contributed by atoms with E-state index in [2.05, 4.69) is 113 Å². The van der Waals surface area contributed by atoms with Crippen LogP contribution in [0.25, 0.3) is 0 Å². The van der Waals surface area contributed by atoms with Crippen LogP contribution in [0, 0.1) is 0 Å². The molecule has 0 saturated heterocycles. The molecule has 0 aliphatic carbocycles. The fraction of sp³-hybridized carbons (Fsp3) is 0.231. The lowest BCUT2D eigenvalue weighted by Gasteiger charge is -2.25. The Morgan fingerprint density at radius 1 is 1.06 bits per heavy atom. The predicted octanol–water partition coefficient (Wildman–Crippen LogP) is 5.78. The zero-order chi connectivity index (χ0) is 22.5. The molecule has 1 aliphatic rings. The van der Waals surface area contributed by atoms with Gasteiger partial charge in [0.25, 0.3) is 0 Å². The highest BCUT2D eigenvalue weighted by Gasteiger charge is 2.31. The first-order chi connectivity index (χ1) is 15.5. The van der Waals surface area contributed by atoms with Crippen molar-refractivity contribution in [1.29, 1.82) is 0 Å². The molecule has 32 heavy (non-hydrogen) atoms. The number of hydrogen-bond donors (Lipinski definition) is 1. The number of rotatable bonds is 6. The summed E-state index contributed by atoms with van der Waals surface area (Å²) in [5.74, 6) is 0. The van der Waals surface area contributed by atoms with E-state index in [9.17, 15) is 0 Å². The van der Waals surface area contributed by atoms with Gasteiger partial charge in [-0.3, -0.25) is 0 Å². The Bertz CT molecular complexity index is 1100. The van der Waals surface area contributed by atoms with Crippen molar-refractivity contribution in [3.63, 3.8) is 0 Å². The SMILES string of the molecule is CN(C)c1cccc(C2=NN(C(=S)NCCc3ccccc3)C(c3ccc(Br)cc3)C2)c1. The lowest BCUT2D eigenvalue weighted by atomic mass is 9.98. The molecule has 164 valence electrons. The molecule has 1 unspecified atom stereocenters. The molecule has 0 bridgehead atoms. The van der Waals surface area contributed by atoms with Crippen LogP contribution in [0.5, 0.6) is 0 Å². The first-order valence-electron chi connectivity index (χ1n) is 10.7. The van der Waals surface area contributed by atoms with Crippen LogP contribution in [0.15, 0.2) is 88.4 Å². The Hall–Kier alpha value is -2.70. The van der Waals surface area contributed by atoms with Crippen LogP contribution in [0.4, 0.5) is 5.69 Å². The molecule has 0 saturated carbocycles. The monoisotopic (exact) mass is 506 g/mol. The fourth-order valence-corrected chi connectivity index (χ4v) is 4.35. The highest BCUT2D eigenvalue weighted by atomic mass is 79.9. The summed E-state index contributed by atoms with van der Waals surface area (Å²) in [6, 6.07) is 27.4. The molecule has 3 aromatic rings. The lowest BCUT2D eigenvalue weighted by molar-refractivity contribution is 0.364. The lowest BCUT2D eigenvalue weighted by Crippen LogP contribution is -2.37. The molecule has 3 aromatic carbocycles. The van der Waals surface area contributed by atoms with E-state index < -0.39 is 0 Å². The number of anilines is 1. The van der Waals surface area contributed by atoms with Crippen LogP contribution < -0.4 is 10.2 Å². The van der Waals surface area contributed by atoms with Crippen LogP contribution in [0.3, 0.4) is 0 Å². The molecule has 0 fully saturated rings. The van der Waals surface area contributed by atoms with Crippen LogP contribution in [-0.4, -0.2) is 36.5 Å². The van der Waals surface area contributed by atoms with Gasteiger partial charge in [-0.2, -0.15) is 5.10 Å². The second-order valence-corrected chi connectivity index (χ2v) is 9.38. The number of benzene rings is 3. The van der Waals surface area contributed by atoms with Crippen molar-refractivity contribution in [1.82, 2.24) is 10.3 Å². The van der Waals surface area contributed by atoms with Crippen molar-refractivity contribution in [2.45, 2.75) is 18.9 Å². The maximum absolute atomic E-state index is 5.79. The molecule has 4 rings (SSSR count). The maximum Gasteiger partial charge on any atom is 0.190 e. The topological polar surface area (TPSA) is 30.9 Å². The van der Waals surface area contributed by atoms with Gasteiger partial charge in [0.15, 0.2) is 5.11 Å². The fourth-order valence-electron chi connectivity index (χ4n) is 3.82. The molecule has 1 atom stereocenters. The predicted molar refractivity (Wildman–Crippen MR) is 141 cm³/mol. The van der Waals surface area contributed by atoms with Gasteiger partial charge in [-0.1, -0.05) is 70.5 Å². The van der Waals surface area contributed by atoms with Crippen LogP contribution >= 0.6 is 28.1 Å². The van der Waals surface area contributed by atoms with Gasteiger partial charge in [0, 0.05) is 37.2 Å². The average Bonchev–Trinajstić information content (AvgIpc) is 3.26. The minimum absolute atomic E-state index is 0.0674. The zero-order valence-corrected chi connectivity index (χ0v) is 20.7. The Morgan fingerprint density at radius 2 is 1.81 bits per heavy atom. The number of nitrogens with one attached hydrogen (secondary N) is 1. The quantitative estimate of drug-likeness (QED) is 0.429. The normalized spacial score (nSPS) is 15.4. The molecule has 6 heteroatoms. The van der Waals surface area contributed by atoms with Gasteiger partial charge in [-0.25, -0.2) is 5.01 Å². The number of thiocarbonyl (C=S) groups is 1. The standard InChI is InChI=1S/C26H27BrN4S/c1-30(2)23-10-6-9-21(17-23)24-18-25(20-11-13-22(27)14-12-20)31(29-24)26(32)28-16-15-19-7-4-3-5-8-19/h3-14,17,25H,15-16,18H2,1-2H3,(H,28,32). The van der Waals surface area contributed by atoms with E-state index in [0.29, 0.717) is 5.11 Å². The largest absolute Gasteiger partial charge is 0.378 e. The summed E-state index contributed by atoms with van der Waals surface area (Å²) in [5.41, 5.74) is 5.83. The first kappa shape index (κ1) is 22.5. The summed E-state index contributed by atoms with van der Waals surface area (Å²) in [6.45, 7) is 0.771. The van der Waals surface area contributed by atoms with Gasteiger partial charge in [-0.15, -0.1) is 0 Å². The van der Waals surface area contributed by atoms with Crippen molar-refractivity contribution >= 4 is 44.7 Å². The van der Waals surface area contributed by atoms with Gasteiger partial charge in [-0.05, 0) is 59.6 Å². The van der Waals surface area contributed by atoms with Crippen molar-refractivity contribution < 1.29 is 0 Å². The first-order valence-corrected chi connectivity index (χ1v) is 11.9. The molecule has 0 amide bonds. The molecular weight excluding hydrogens is 480 g/mol. The highest BCUT2D eigenvalue weighted by molar-refractivity contribution is 9.10. The molecule has 1 aliphatic heterocycles. The van der Waals surface area contributed by atoms with Gasteiger partial charge < -0.3 is 10.2 Å². The molecule has 0 spiro atoms. The van der Waals surface area contributed by atoms with E-state index in [-0.39, 0.29) is 6.04 Å². The van der Waals surface area contributed by atoms with Crippen molar-refractivity contribution in [3.05, 3.63) is 100 Å². The van der Waals surface area contributed by atoms with Crippen molar-refractivity contribution in [3.8, 4) is 0 Å². The van der Waals surface area contributed by atoms with E-state index in [4.69, 9.17) is 17.3 Å². The third kappa shape index (κ3) is 5.37. The van der Waals surface area contributed by atoms with E-state index in [1.165, 1.54) is 11.1 Å². The van der Waals surface area contributed by atoms with Gasteiger partial charge >= 0.3 is 0 Å². The number of hydrogen-bond acceptors (Lipinski definition) is 3. The number of hydrazone groups is 1. The second-order valence-electron chi connectivity index (χ2n) is 8.08. The minimum atomic E-state index is 0.0674. The summed E-state index contributed by atoms with van der Waals surface area (Å²) in [6.07, 6.45) is 1.72. The number of halogens is 1. The minimum Gasteiger partial charge on any atom is -0.378 e. The summed E-state index contributed by atoms with van der Waals surface area (Å²) in [4.78, 5) is 2.11.